The zero-order chi connectivity index (χ0) is 12.0. The molecule has 1 aromatic rings. The normalized spacial score (nSPS) is 10.2. The minimum atomic E-state index is -0.448. The fourth-order valence-corrected chi connectivity index (χ4v) is 1.35. The molecular formula is C13H16O3. The van der Waals surface area contributed by atoms with E-state index in [0.717, 1.165) is 5.56 Å². The van der Waals surface area contributed by atoms with Crippen LogP contribution in [0.2, 0.25) is 0 Å². The summed E-state index contributed by atoms with van der Waals surface area (Å²) in [6, 6.07) is 9.36. The molecule has 0 saturated carbocycles. The van der Waals surface area contributed by atoms with Gasteiger partial charge in [0.1, 0.15) is 12.2 Å². The third-order valence-corrected chi connectivity index (χ3v) is 1.95. The fraction of sp³-hybridized carbons (Fsp3) is 0.385. The lowest BCUT2D eigenvalue weighted by molar-refractivity contribution is -0.149. The van der Waals surface area contributed by atoms with Crippen molar-refractivity contribution in [3.8, 4) is 0 Å². The van der Waals surface area contributed by atoms with Crippen molar-refractivity contribution in [3.63, 3.8) is 0 Å². The second kappa shape index (κ2) is 6.05. The number of carbonyl (C=O) groups is 2. The van der Waals surface area contributed by atoms with Crippen LogP contribution >= 0.6 is 0 Å². The van der Waals surface area contributed by atoms with Crippen LogP contribution in [0.4, 0.5) is 0 Å². The highest BCUT2D eigenvalue weighted by atomic mass is 16.5. The van der Waals surface area contributed by atoms with E-state index >= 15 is 0 Å². The molecule has 0 aliphatic rings. The second-order valence-electron chi connectivity index (χ2n) is 3.92. The van der Waals surface area contributed by atoms with Gasteiger partial charge < -0.3 is 4.74 Å². The number of benzene rings is 1. The van der Waals surface area contributed by atoms with Crippen LogP contribution < -0.4 is 0 Å². The average Bonchev–Trinajstić information content (AvgIpc) is 2.17. The molecular weight excluding hydrogens is 204 g/mol. The Morgan fingerprint density at radius 3 is 2.38 bits per heavy atom. The number of ether oxygens (including phenoxy) is 1. The summed E-state index contributed by atoms with van der Waals surface area (Å²) in [7, 11) is 0. The Kier molecular flexibility index (Phi) is 4.70. The molecule has 16 heavy (non-hydrogen) atoms. The highest BCUT2D eigenvalue weighted by Crippen LogP contribution is 2.03. The average molecular weight is 220 g/mol. The van der Waals surface area contributed by atoms with Crippen LogP contribution in [0.25, 0.3) is 0 Å². The van der Waals surface area contributed by atoms with Crippen LogP contribution in [-0.2, 0) is 20.7 Å². The molecule has 0 heterocycles. The highest BCUT2D eigenvalue weighted by Gasteiger charge is 2.12. The number of rotatable bonds is 5. The molecule has 0 radical (unpaired) electrons. The molecule has 0 aliphatic carbocycles. The first-order valence-electron chi connectivity index (χ1n) is 5.33. The van der Waals surface area contributed by atoms with Crippen molar-refractivity contribution >= 4 is 11.8 Å². The van der Waals surface area contributed by atoms with Gasteiger partial charge in [0.2, 0.25) is 0 Å². The van der Waals surface area contributed by atoms with Gasteiger partial charge in [0, 0.05) is 6.42 Å². The Hall–Kier alpha value is -1.64. The molecule has 0 unspecified atom stereocenters. The maximum atomic E-state index is 11.5. The molecule has 86 valence electrons. The summed E-state index contributed by atoms with van der Waals surface area (Å²) in [6.07, 6.45) is -0.0294. The van der Waals surface area contributed by atoms with Crippen LogP contribution in [0.5, 0.6) is 0 Å². The highest BCUT2D eigenvalue weighted by molar-refractivity contribution is 5.96. The third kappa shape index (κ3) is 4.73. The van der Waals surface area contributed by atoms with Gasteiger partial charge >= 0.3 is 5.97 Å². The summed E-state index contributed by atoms with van der Waals surface area (Å²) >= 11 is 0. The molecule has 0 spiro atoms. The number of carbonyl (C=O) groups excluding carboxylic acids is 2. The Balaban J connectivity index is 2.39. The van der Waals surface area contributed by atoms with E-state index in [2.05, 4.69) is 0 Å². The van der Waals surface area contributed by atoms with Gasteiger partial charge in [-0.25, -0.2) is 0 Å². The van der Waals surface area contributed by atoms with E-state index in [-0.39, 0.29) is 24.7 Å². The van der Waals surface area contributed by atoms with Gasteiger partial charge in [0.15, 0.2) is 0 Å². The molecule has 0 N–H and O–H groups in total. The SMILES string of the molecule is CC(C)OC(=O)CC(=O)Cc1ccccc1. The van der Waals surface area contributed by atoms with E-state index in [0.29, 0.717) is 0 Å². The van der Waals surface area contributed by atoms with E-state index < -0.39 is 5.97 Å². The van der Waals surface area contributed by atoms with E-state index in [1.54, 1.807) is 13.8 Å². The minimum Gasteiger partial charge on any atom is -0.463 e. The van der Waals surface area contributed by atoms with Crippen molar-refractivity contribution in [1.82, 2.24) is 0 Å². The van der Waals surface area contributed by atoms with Gasteiger partial charge in [0.05, 0.1) is 6.10 Å². The first-order chi connectivity index (χ1) is 7.58. The summed E-state index contributed by atoms with van der Waals surface area (Å²) in [5, 5.41) is 0. The van der Waals surface area contributed by atoms with Crippen molar-refractivity contribution in [2.45, 2.75) is 32.8 Å². The Morgan fingerprint density at radius 1 is 1.19 bits per heavy atom. The van der Waals surface area contributed by atoms with Crippen molar-refractivity contribution in [1.29, 1.82) is 0 Å². The number of hydrogen-bond donors (Lipinski definition) is 0. The Bertz CT molecular complexity index is 355. The van der Waals surface area contributed by atoms with E-state index in [1.807, 2.05) is 30.3 Å². The second-order valence-corrected chi connectivity index (χ2v) is 3.92. The van der Waals surface area contributed by atoms with Crippen molar-refractivity contribution in [2.75, 3.05) is 0 Å². The number of esters is 1. The molecule has 0 aromatic heterocycles. The molecule has 0 aliphatic heterocycles. The zero-order valence-electron chi connectivity index (χ0n) is 9.60. The van der Waals surface area contributed by atoms with Gasteiger partial charge in [-0.15, -0.1) is 0 Å². The lowest BCUT2D eigenvalue weighted by atomic mass is 10.1. The monoisotopic (exact) mass is 220 g/mol. The predicted octanol–water partition coefficient (Wildman–Crippen LogP) is 2.14. The molecule has 0 bridgehead atoms. The van der Waals surface area contributed by atoms with E-state index in [4.69, 9.17) is 4.74 Å². The number of Topliss-reactive ketones (excluding diaryl/α,β-unsaturated/α-hetero) is 1. The summed E-state index contributed by atoms with van der Waals surface area (Å²) < 4.78 is 4.90. The predicted molar refractivity (Wildman–Crippen MR) is 61.0 cm³/mol. The van der Waals surface area contributed by atoms with Crippen LogP contribution in [-0.4, -0.2) is 17.9 Å². The van der Waals surface area contributed by atoms with Gasteiger partial charge in [-0.05, 0) is 19.4 Å². The maximum Gasteiger partial charge on any atom is 0.313 e. The number of ketones is 1. The topological polar surface area (TPSA) is 43.4 Å². The molecule has 1 aromatic carbocycles. The summed E-state index contributed by atoms with van der Waals surface area (Å²) in [5.41, 5.74) is 0.921. The quantitative estimate of drug-likeness (QED) is 0.564. The van der Waals surface area contributed by atoms with Crippen LogP contribution in [0.1, 0.15) is 25.8 Å². The first-order valence-corrected chi connectivity index (χ1v) is 5.33. The summed E-state index contributed by atoms with van der Waals surface area (Å²) in [5.74, 6) is -0.562. The molecule has 1 rings (SSSR count). The van der Waals surface area contributed by atoms with Crippen molar-refractivity contribution in [2.24, 2.45) is 0 Å². The van der Waals surface area contributed by atoms with Crippen LogP contribution in [0.15, 0.2) is 30.3 Å². The van der Waals surface area contributed by atoms with Crippen LogP contribution in [0.3, 0.4) is 0 Å². The Labute approximate surface area is 95.4 Å². The molecule has 0 atom stereocenters. The third-order valence-electron chi connectivity index (χ3n) is 1.95. The summed E-state index contributed by atoms with van der Waals surface area (Å²) in [4.78, 5) is 22.7. The van der Waals surface area contributed by atoms with Crippen molar-refractivity contribution < 1.29 is 14.3 Å². The first kappa shape index (κ1) is 12.4. The Morgan fingerprint density at radius 2 is 1.81 bits per heavy atom. The fourth-order valence-electron chi connectivity index (χ4n) is 1.35. The lowest BCUT2D eigenvalue weighted by Crippen LogP contribution is -2.16. The molecule has 0 fully saturated rings. The van der Waals surface area contributed by atoms with E-state index in [1.165, 1.54) is 0 Å². The maximum absolute atomic E-state index is 11.5. The number of hydrogen-bond acceptors (Lipinski definition) is 3. The largest absolute Gasteiger partial charge is 0.463 e. The standard InChI is InChI=1S/C13H16O3/c1-10(2)16-13(15)9-12(14)8-11-6-4-3-5-7-11/h3-7,10H,8-9H2,1-2H3. The molecule has 3 nitrogen and oxygen atoms in total. The minimum absolute atomic E-state index is 0.114. The molecule has 3 heteroatoms. The van der Waals surface area contributed by atoms with Gasteiger partial charge in [-0.2, -0.15) is 0 Å². The van der Waals surface area contributed by atoms with Crippen LogP contribution in [0, 0.1) is 0 Å². The molecule has 0 saturated heterocycles. The smallest absolute Gasteiger partial charge is 0.313 e. The molecule has 0 amide bonds. The summed E-state index contributed by atoms with van der Waals surface area (Å²) in [6.45, 7) is 3.53. The van der Waals surface area contributed by atoms with E-state index in [9.17, 15) is 9.59 Å². The zero-order valence-corrected chi connectivity index (χ0v) is 9.60. The van der Waals surface area contributed by atoms with Gasteiger partial charge in [-0.1, -0.05) is 30.3 Å². The van der Waals surface area contributed by atoms with Gasteiger partial charge in [-0.3, -0.25) is 9.59 Å². The van der Waals surface area contributed by atoms with Gasteiger partial charge in [0.25, 0.3) is 0 Å². The lowest BCUT2D eigenvalue weighted by Gasteiger charge is -2.07. The van der Waals surface area contributed by atoms with Crippen molar-refractivity contribution in [3.05, 3.63) is 35.9 Å².